The van der Waals surface area contributed by atoms with E-state index in [1.54, 1.807) is 0 Å². The highest BCUT2D eigenvalue weighted by molar-refractivity contribution is 5.78. The third kappa shape index (κ3) is 4.42. The van der Waals surface area contributed by atoms with Gasteiger partial charge in [-0.2, -0.15) is 0 Å². The first-order valence-electron chi connectivity index (χ1n) is 7.08. The van der Waals surface area contributed by atoms with E-state index in [1.807, 2.05) is 31.2 Å². The molecule has 0 atom stereocenters. The molecule has 110 valence electrons. The van der Waals surface area contributed by atoms with Gasteiger partial charge < -0.3 is 20.1 Å². The molecular weight excluding hydrogens is 254 g/mol. The molecule has 1 saturated heterocycles. The van der Waals surface area contributed by atoms with Crippen LogP contribution in [-0.4, -0.2) is 50.3 Å². The Hall–Kier alpha value is -1.75. The highest BCUT2D eigenvalue weighted by Crippen LogP contribution is 2.16. The van der Waals surface area contributed by atoms with Gasteiger partial charge in [-0.25, -0.2) is 0 Å². The first-order valence-corrected chi connectivity index (χ1v) is 7.08. The van der Waals surface area contributed by atoms with Crippen LogP contribution in [0, 0.1) is 6.92 Å². The molecule has 0 aliphatic carbocycles. The second-order valence-electron chi connectivity index (χ2n) is 4.81. The molecular formula is C15H23N3O2. The summed E-state index contributed by atoms with van der Waals surface area (Å²) in [6, 6.07) is 8.02. The zero-order valence-electron chi connectivity index (χ0n) is 12.0. The topological polar surface area (TPSA) is 60.1 Å². The fraction of sp³-hybridized carbons (Fsp3) is 0.533. The van der Waals surface area contributed by atoms with Crippen molar-refractivity contribution in [1.29, 1.82) is 0 Å². The fourth-order valence-electron chi connectivity index (χ4n) is 2.05. The van der Waals surface area contributed by atoms with Crippen molar-refractivity contribution in [2.45, 2.75) is 13.3 Å². The van der Waals surface area contributed by atoms with Gasteiger partial charge in [-0.1, -0.05) is 18.2 Å². The standard InChI is InChI=1S/C15H23N3O2/c1-13-5-2-3-6-14(13)20-10-4-7-17-15(16)18-8-11-19-12-9-18/h2-3,5-6H,4,7-12H2,1H3,(H2,16,17). The number of aliphatic imine (C=N–C) groups is 1. The molecule has 0 aromatic heterocycles. The molecule has 0 saturated carbocycles. The Morgan fingerprint density at radius 2 is 2.10 bits per heavy atom. The Morgan fingerprint density at radius 3 is 2.85 bits per heavy atom. The van der Waals surface area contributed by atoms with Gasteiger partial charge in [-0.3, -0.25) is 4.99 Å². The van der Waals surface area contributed by atoms with Crippen molar-refractivity contribution in [2.75, 3.05) is 39.5 Å². The van der Waals surface area contributed by atoms with E-state index in [0.717, 1.165) is 44.0 Å². The van der Waals surface area contributed by atoms with Gasteiger partial charge in [-0.05, 0) is 18.6 Å². The summed E-state index contributed by atoms with van der Waals surface area (Å²) < 4.78 is 11.0. The Morgan fingerprint density at radius 1 is 1.35 bits per heavy atom. The van der Waals surface area contributed by atoms with Crippen LogP contribution < -0.4 is 10.5 Å². The van der Waals surface area contributed by atoms with E-state index in [-0.39, 0.29) is 0 Å². The summed E-state index contributed by atoms with van der Waals surface area (Å²) in [5.74, 6) is 1.56. The third-order valence-corrected chi connectivity index (χ3v) is 3.26. The van der Waals surface area contributed by atoms with Crippen molar-refractivity contribution in [3.63, 3.8) is 0 Å². The van der Waals surface area contributed by atoms with Gasteiger partial charge in [-0.15, -0.1) is 0 Å². The number of morpholine rings is 1. The number of guanidine groups is 1. The summed E-state index contributed by atoms with van der Waals surface area (Å²) in [5.41, 5.74) is 7.10. The van der Waals surface area contributed by atoms with Gasteiger partial charge in [0.25, 0.3) is 0 Å². The van der Waals surface area contributed by atoms with Crippen molar-refractivity contribution in [2.24, 2.45) is 10.7 Å². The number of rotatable bonds is 5. The number of nitrogens with zero attached hydrogens (tertiary/aromatic N) is 2. The number of hydrogen-bond acceptors (Lipinski definition) is 3. The molecule has 1 aromatic rings. The van der Waals surface area contributed by atoms with Gasteiger partial charge in [0, 0.05) is 26.1 Å². The molecule has 1 fully saturated rings. The summed E-state index contributed by atoms with van der Waals surface area (Å²) in [5, 5.41) is 0. The Bertz CT molecular complexity index is 442. The predicted octanol–water partition coefficient (Wildman–Crippen LogP) is 1.41. The van der Waals surface area contributed by atoms with Gasteiger partial charge in [0.1, 0.15) is 5.75 Å². The maximum Gasteiger partial charge on any atom is 0.191 e. The van der Waals surface area contributed by atoms with Crippen molar-refractivity contribution in [3.8, 4) is 5.75 Å². The molecule has 2 rings (SSSR count). The second-order valence-corrected chi connectivity index (χ2v) is 4.81. The number of benzene rings is 1. The maximum atomic E-state index is 5.95. The molecule has 1 aliphatic rings. The van der Waals surface area contributed by atoms with E-state index in [2.05, 4.69) is 9.89 Å². The van der Waals surface area contributed by atoms with Crippen LogP contribution in [0.25, 0.3) is 0 Å². The van der Waals surface area contributed by atoms with Crippen LogP contribution in [0.4, 0.5) is 0 Å². The lowest BCUT2D eigenvalue weighted by atomic mass is 10.2. The zero-order valence-corrected chi connectivity index (χ0v) is 12.0. The summed E-state index contributed by atoms with van der Waals surface area (Å²) in [7, 11) is 0. The number of aryl methyl sites for hydroxylation is 1. The van der Waals surface area contributed by atoms with E-state index < -0.39 is 0 Å². The van der Waals surface area contributed by atoms with Gasteiger partial charge in [0.15, 0.2) is 5.96 Å². The summed E-state index contributed by atoms with van der Waals surface area (Å²) in [4.78, 5) is 6.45. The normalized spacial score (nSPS) is 16.2. The van der Waals surface area contributed by atoms with Crippen molar-refractivity contribution in [1.82, 2.24) is 4.90 Å². The summed E-state index contributed by atoms with van der Waals surface area (Å²) in [6.45, 7) is 6.51. The van der Waals surface area contributed by atoms with Gasteiger partial charge in [0.2, 0.25) is 0 Å². The Kier molecular flexibility index (Phi) is 5.68. The lowest BCUT2D eigenvalue weighted by Gasteiger charge is -2.27. The largest absolute Gasteiger partial charge is 0.493 e. The monoisotopic (exact) mass is 277 g/mol. The molecule has 0 spiro atoms. The van der Waals surface area contributed by atoms with E-state index >= 15 is 0 Å². The Balaban J connectivity index is 1.67. The van der Waals surface area contributed by atoms with Crippen LogP contribution in [0.15, 0.2) is 29.3 Å². The molecule has 5 nitrogen and oxygen atoms in total. The van der Waals surface area contributed by atoms with E-state index in [0.29, 0.717) is 19.1 Å². The van der Waals surface area contributed by atoms with Crippen LogP contribution >= 0.6 is 0 Å². The van der Waals surface area contributed by atoms with E-state index in [1.165, 1.54) is 0 Å². The quantitative estimate of drug-likeness (QED) is 0.502. The van der Waals surface area contributed by atoms with E-state index in [9.17, 15) is 0 Å². The van der Waals surface area contributed by atoms with Gasteiger partial charge in [0.05, 0.1) is 19.8 Å². The molecule has 0 radical (unpaired) electrons. The van der Waals surface area contributed by atoms with Crippen LogP contribution in [0.3, 0.4) is 0 Å². The second kappa shape index (κ2) is 7.75. The molecule has 0 bridgehead atoms. The molecule has 0 amide bonds. The molecule has 5 heteroatoms. The molecule has 2 N–H and O–H groups in total. The lowest BCUT2D eigenvalue weighted by Crippen LogP contribution is -2.44. The first kappa shape index (κ1) is 14.7. The Labute approximate surface area is 120 Å². The van der Waals surface area contributed by atoms with Crippen molar-refractivity contribution < 1.29 is 9.47 Å². The minimum Gasteiger partial charge on any atom is -0.493 e. The highest BCUT2D eigenvalue weighted by Gasteiger charge is 2.11. The number of hydrogen-bond donors (Lipinski definition) is 1. The molecule has 0 unspecified atom stereocenters. The first-order chi connectivity index (χ1) is 9.77. The van der Waals surface area contributed by atoms with E-state index in [4.69, 9.17) is 15.2 Å². The molecule has 1 aliphatic heterocycles. The number of nitrogens with two attached hydrogens (primary N) is 1. The average molecular weight is 277 g/mol. The minimum atomic E-state index is 0.615. The number of para-hydroxylation sites is 1. The van der Waals surface area contributed by atoms with Gasteiger partial charge >= 0.3 is 0 Å². The maximum absolute atomic E-state index is 5.95. The highest BCUT2D eigenvalue weighted by atomic mass is 16.5. The summed E-state index contributed by atoms with van der Waals surface area (Å²) >= 11 is 0. The fourth-order valence-corrected chi connectivity index (χ4v) is 2.05. The van der Waals surface area contributed by atoms with Crippen molar-refractivity contribution in [3.05, 3.63) is 29.8 Å². The molecule has 1 aromatic carbocycles. The minimum absolute atomic E-state index is 0.615. The predicted molar refractivity (Wildman–Crippen MR) is 80.2 cm³/mol. The number of ether oxygens (including phenoxy) is 2. The average Bonchev–Trinajstić information content (AvgIpc) is 2.49. The summed E-state index contributed by atoms with van der Waals surface area (Å²) in [6.07, 6.45) is 0.860. The molecule has 1 heterocycles. The van der Waals surface area contributed by atoms with Crippen LogP contribution in [0.2, 0.25) is 0 Å². The van der Waals surface area contributed by atoms with Crippen LogP contribution in [0.5, 0.6) is 5.75 Å². The third-order valence-electron chi connectivity index (χ3n) is 3.26. The molecule has 20 heavy (non-hydrogen) atoms. The van der Waals surface area contributed by atoms with Crippen LogP contribution in [0.1, 0.15) is 12.0 Å². The zero-order chi connectivity index (χ0) is 14.2. The smallest absolute Gasteiger partial charge is 0.191 e. The van der Waals surface area contributed by atoms with Crippen molar-refractivity contribution >= 4 is 5.96 Å². The SMILES string of the molecule is Cc1ccccc1OCCCN=C(N)N1CCOCC1. The van der Waals surface area contributed by atoms with Crippen LogP contribution in [-0.2, 0) is 4.74 Å². The lowest BCUT2D eigenvalue weighted by molar-refractivity contribution is 0.0674.